The van der Waals surface area contributed by atoms with Crippen molar-refractivity contribution >= 4 is 0 Å². The molecule has 0 heterocycles. The first-order valence-electron chi connectivity index (χ1n) is 4.52. The summed E-state index contributed by atoms with van der Waals surface area (Å²) in [4.78, 5) is 0. The van der Waals surface area contributed by atoms with E-state index in [0.29, 0.717) is 0 Å². The van der Waals surface area contributed by atoms with Crippen LogP contribution in [0.25, 0.3) is 0 Å². The summed E-state index contributed by atoms with van der Waals surface area (Å²) < 4.78 is 0. The fraction of sp³-hybridized carbons (Fsp3) is 0.800. The molecule has 0 aromatic heterocycles. The van der Waals surface area contributed by atoms with Gasteiger partial charge in [-0.1, -0.05) is 45.1 Å². The minimum absolute atomic E-state index is 0. The Labute approximate surface area is 70.8 Å². The maximum Gasteiger partial charge on any atom is -0.0353 e. The number of unbranched alkanes of at least 4 members (excludes halogenated alkanes) is 6. The third-order valence-corrected chi connectivity index (χ3v) is 1.76. The number of hydrogen-bond acceptors (Lipinski definition) is 0. The third-order valence-electron chi connectivity index (χ3n) is 1.76. The van der Waals surface area contributed by atoms with E-state index in [-0.39, 0.29) is 5.48 Å². The van der Waals surface area contributed by atoms with Crippen molar-refractivity contribution in [1.82, 2.24) is 0 Å². The Morgan fingerprint density at radius 1 is 1.00 bits per heavy atom. The Kier molecular flexibility index (Phi) is 15.0. The molecular formula is C10H22O. The summed E-state index contributed by atoms with van der Waals surface area (Å²) in [6, 6.07) is 0. The highest BCUT2D eigenvalue weighted by molar-refractivity contribution is 4.65. The molecule has 0 fully saturated rings. The van der Waals surface area contributed by atoms with Gasteiger partial charge in [-0.05, 0) is 12.8 Å². The van der Waals surface area contributed by atoms with E-state index in [1.807, 2.05) is 6.08 Å². The standard InChI is InChI=1S/C10H20.H2O/c1-3-5-7-9-10-8-6-4-2;/h3H,1,4-10H2,2H3;1H2. The highest BCUT2D eigenvalue weighted by Gasteiger charge is 1.86. The van der Waals surface area contributed by atoms with Crippen LogP contribution >= 0.6 is 0 Å². The van der Waals surface area contributed by atoms with Crippen LogP contribution in [0, 0.1) is 0 Å². The van der Waals surface area contributed by atoms with Gasteiger partial charge >= 0.3 is 0 Å². The fourth-order valence-electron chi connectivity index (χ4n) is 1.07. The average molecular weight is 158 g/mol. The zero-order valence-electron chi connectivity index (χ0n) is 7.73. The topological polar surface area (TPSA) is 31.5 Å². The summed E-state index contributed by atoms with van der Waals surface area (Å²) in [5, 5.41) is 0. The lowest BCUT2D eigenvalue weighted by Crippen LogP contribution is -1.76. The van der Waals surface area contributed by atoms with Crippen LogP contribution < -0.4 is 0 Å². The lowest BCUT2D eigenvalue weighted by Gasteiger charge is -1.96. The van der Waals surface area contributed by atoms with E-state index in [2.05, 4.69) is 13.5 Å². The van der Waals surface area contributed by atoms with Crippen molar-refractivity contribution in [1.29, 1.82) is 0 Å². The first kappa shape index (κ1) is 13.3. The van der Waals surface area contributed by atoms with Gasteiger partial charge in [0.2, 0.25) is 0 Å². The van der Waals surface area contributed by atoms with Gasteiger partial charge in [-0.3, -0.25) is 0 Å². The second-order valence-corrected chi connectivity index (χ2v) is 2.85. The van der Waals surface area contributed by atoms with Crippen LogP contribution in [-0.2, 0) is 0 Å². The van der Waals surface area contributed by atoms with Gasteiger partial charge in [0.05, 0.1) is 0 Å². The Morgan fingerprint density at radius 2 is 1.55 bits per heavy atom. The third kappa shape index (κ3) is 12.8. The van der Waals surface area contributed by atoms with Crippen molar-refractivity contribution < 1.29 is 5.48 Å². The van der Waals surface area contributed by atoms with Crippen molar-refractivity contribution in [3.63, 3.8) is 0 Å². The number of allylic oxidation sites excluding steroid dienone is 1. The molecule has 11 heavy (non-hydrogen) atoms. The van der Waals surface area contributed by atoms with Crippen molar-refractivity contribution in [2.24, 2.45) is 0 Å². The van der Waals surface area contributed by atoms with Crippen LogP contribution in [0.3, 0.4) is 0 Å². The number of rotatable bonds is 7. The Balaban J connectivity index is 0. The summed E-state index contributed by atoms with van der Waals surface area (Å²) in [5.41, 5.74) is 0. The fourth-order valence-corrected chi connectivity index (χ4v) is 1.07. The van der Waals surface area contributed by atoms with Crippen LogP contribution in [-0.4, -0.2) is 5.48 Å². The first-order valence-corrected chi connectivity index (χ1v) is 4.52. The largest absolute Gasteiger partial charge is 0.412 e. The number of hydrogen-bond donors (Lipinski definition) is 0. The van der Waals surface area contributed by atoms with Crippen molar-refractivity contribution in [3.05, 3.63) is 12.7 Å². The summed E-state index contributed by atoms with van der Waals surface area (Å²) in [6.45, 7) is 5.95. The molecule has 0 aromatic carbocycles. The lowest BCUT2D eigenvalue weighted by molar-refractivity contribution is 0.611. The maximum atomic E-state index is 3.69. The van der Waals surface area contributed by atoms with E-state index in [9.17, 15) is 0 Å². The molecule has 0 saturated carbocycles. The van der Waals surface area contributed by atoms with Gasteiger partial charge in [-0.2, -0.15) is 0 Å². The van der Waals surface area contributed by atoms with Crippen LogP contribution in [0.2, 0.25) is 0 Å². The van der Waals surface area contributed by atoms with Gasteiger partial charge in [0.1, 0.15) is 0 Å². The van der Waals surface area contributed by atoms with Crippen molar-refractivity contribution in [2.45, 2.75) is 51.9 Å². The molecule has 2 N–H and O–H groups in total. The highest BCUT2D eigenvalue weighted by atomic mass is 16.0. The van der Waals surface area contributed by atoms with Crippen molar-refractivity contribution in [2.75, 3.05) is 0 Å². The second-order valence-electron chi connectivity index (χ2n) is 2.85. The molecule has 68 valence electrons. The van der Waals surface area contributed by atoms with E-state index in [0.717, 1.165) is 0 Å². The first-order chi connectivity index (χ1) is 4.91. The zero-order chi connectivity index (χ0) is 7.66. The molecule has 0 rings (SSSR count). The molecule has 0 atom stereocenters. The van der Waals surface area contributed by atoms with E-state index in [1.54, 1.807) is 0 Å². The minimum Gasteiger partial charge on any atom is -0.412 e. The lowest BCUT2D eigenvalue weighted by atomic mass is 10.1. The average Bonchev–Trinajstić information content (AvgIpc) is 1.97. The van der Waals surface area contributed by atoms with E-state index >= 15 is 0 Å². The summed E-state index contributed by atoms with van der Waals surface area (Å²) in [5.74, 6) is 0. The molecule has 0 bridgehead atoms. The monoisotopic (exact) mass is 158 g/mol. The van der Waals surface area contributed by atoms with Gasteiger partial charge in [0.25, 0.3) is 0 Å². The molecule has 0 aliphatic carbocycles. The Hall–Kier alpha value is -0.300. The molecule has 0 aliphatic heterocycles. The summed E-state index contributed by atoms with van der Waals surface area (Å²) >= 11 is 0. The predicted octanol–water partition coefficient (Wildman–Crippen LogP) is 3.10. The van der Waals surface area contributed by atoms with Gasteiger partial charge in [0.15, 0.2) is 0 Å². The molecular weight excluding hydrogens is 136 g/mol. The maximum absolute atomic E-state index is 3.69. The summed E-state index contributed by atoms with van der Waals surface area (Å²) in [6.07, 6.45) is 11.6. The minimum atomic E-state index is 0. The van der Waals surface area contributed by atoms with Crippen LogP contribution in [0.4, 0.5) is 0 Å². The molecule has 1 heteroatoms. The Bertz CT molecular complexity index is 69.3. The van der Waals surface area contributed by atoms with E-state index in [1.165, 1.54) is 44.9 Å². The van der Waals surface area contributed by atoms with Gasteiger partial charge in [-0.15, -0.1) is 6.58 Å². The molecule has 0 unspecified atom stereocenters. The summed E-state index contributed by atoms with van der Waals surface area (Å²) in [7, 11) is 0. The Morgan fingerprint density at radius 3 is 2.09 bits per heavy atom. The van der Waals surface area contributed by atoms with Gasteiger partial charge < -0.3 is 5.48 Å². The smallest absolute Gasteiger partial charge is 0.0353 e. The van der Waals surface area contributed by atoms with Gasteiger partial charge in [0, 0.05) is 0 Å². The molecule has 0 aliphatic rings. The van der Waals surface area contributed by atoms with Crippen LogP contribution in [0.15, 0.2) is 12.7 Å². The van der Waals surface area contributed by atoms with E-state index in [4.69, 9.17) is 0 Å². The quantitative estimate of drug-likeness (QED) is 0.403. The molecule has 0 amide bonds. The van der Waals surface area contributed by atoms with Gasteiger partial charge in [-0.25, -0.2) is 0 Å². The second kappa shape index (κ2) is 12.4. The predicted molar refractivity (Wildman–Crippen MR) is 51.8 cm³/mol. The van der Waals surface area contributed by atoms with Crippen LogP contribution in [0.1, 0.15) is 51.9 Å². The molecule has 0 saturated heterocycles. The van der Waals surface area contributed by atoms with Crippen molar-refractivity contribution in [3.8, 4) is 0 Å². The molecule has 0 aromatic rings. The normalized spacial score (nSPS) is 8.82. The zero-order valence-corrected chi connectivity index (χ0v) is 7.73. The van der Waals surface area contributed by atoms with Crippen LogP contribution in [0.5, 0.6) is 0 Å². The molecule has 0 spiro atoms. The molecule has 0 radical (unpaired) electrons. The molecule has 1 nitrogen and oxygen atoms in total. The van der Waals surface area contributed by atoms with E-state index < -0.39 is 0 Å². The highest BCUT2D eigenvalue weighted by Crippen LogP contribution is 2.06. The SMILES string of the molecule is C=CCCCCCCCC.O.